The topological polar surface area (TPSA) is 131 Å². The van der Waals surface area contributed by atoms with Gasteiger partial charge >= 0.3 is 5.97 Å². The molecule has 0 aliphatic carbocycles. The van der Waals surface area contributed by atoms with E-state index in [4.69, 9.17) is 4.74 Å². The maximum absolute atomic E-state index is 13.7. The highest BCUT2D eigenvalue weighted by atomic mass is 16.5. The van der Waals surface area contributed by atoms with E-state index in [9.17, 15) is 19.5 Å². The summed E-state index contributed by atoms with van der Waals surface area (Å²) in [6, 6.07) is 30.6. The lowest BCUT2D eigenvalue weighted by molar-refractivity contribution is -0.138. The van der Waals surface area contributed by atoms with Gasteiger partial charge in [0.2, 0.25) is 5.91 Å². The van der Waals surface area contributed by atoms with E-state index in [2.05, 4.69) is 48.3 Å². The number of carbonyl (C=O) groups is 3. The zero-order valence-corrected chi connectivity index (χ0v) is 32.3. The molecule has 0 bridgehead atoms. The molecule has 0 spiro atoms. The number of hydrogen-bond acceptors (Lipinski definition) is 6. The Bertz CT molecular complexity index is 1970. The van der Waals surface area contributed by atoms with Crippen LogP contribution in [0.15, 0.2) is 116 Å². The second-order valence-corrected chi connectivity index (χ2v) is 14.9. The van der Waals surface area contributed by atoms with E-state index in [1.54, 1.807) is 54.9 Å². The summed E-state index contributed by atoms with van der Waals surface area (Å²) in [5, 5.41) is 15.6. The average Bonchev–Trinajstić information content (AvgIpc) is 3.19. The van der Waals surface area contributed by atoms with Gasteiger partial charge < -0.3 is 20.5 Å². The smallest absolute Gasteiger partial charge is 0.312 e. The number of amides is 2. The van der Waals surface area contributed by atoms with E-state index in [0.29, 0.717) is 17.0 Å². The fourth-order valence-corrected chi connectivity index (χ4v) is 6.22. The molecule has 4 aromatic carbocycles. The van der Waals surface area contributed by atoms with E-state index < -0.39 is 29.7 Å². The van der Waals surface area contributed by atoms with E-state index in [-0.39, 0.29) is 18.4 Å². The van der Waals surface area contributed by atoms with Gasteiger partial charge in [-0.2, -0.15) is 0 Å². The van der Waals surface area contributed by atoms with Crippen LogP contribution in [0.5, 0.6) is 5.75 Å². The van der Waals surface area contributed by atoms with Gasteiger partial charge in [-0.15, -0.1) is 0 Å². The minimum Gasteiger partial charge on any atom is -0.494 e. The monoisotopic (exact) mass is 740 g/mol. The summed E-state index contributed by atoms with van der Waals surface area (Å²) in [5.74, 6) is -1.47. The Hall–Kier alpha value is -5.83. The number of aromatic nitrogens is 2. The molecule has 0 saturated carbocycles. The van der Waals surface area contributed by atoms with Crippen LogP contribution in [0.4, 0.5) is 0 Å². The molecule has 0 fully saturated rings. The first-order chi connectivity index (χ1) is 26.5. The number of carboxylic acid groups (broad SMARTS) is 1. The second kappa shape index (κ2) is 19.5. The Morgan fingerprint density at radius 1 is 0.745 bits per heavy atom. The van der Waals surface area contributed by atoms with Crippen molar-refractivity contribution in [2.24, 2.45) is 0 Å². The minimum absolute atomic E-state index is 0.0786. The van der Waals surface area contributed by atoms with E-state index >= 15 is 0 Å². The molecule has 0 aliphatic heterocycles. The molecule has 3 N–H and O–H groups in total. The summed E-state index contributed by atoms with van der Waals surface area (Å²) in [6.07, 6.45) is 9.77. The Labute approximate surface area is 324 Å². The number of nitrogens with one attached hydrogen (secondary N) is 2. The van der Waals surface area contributed by atoms with Crippen LogP contribution in [0.3, 0.4) is 0 Å². The lowest BCUT2D eigenvalue weighted by Crippen LogP contribution is -2.49. The third-order valence-corrected chi connectivity index (χ3v) is 9.62. The molecule has 1 heterocycles. The van der Waals surface area contributed by atoms with Crippen molar-refractivity contribution in [2.75, 3.05) is 13.2 Å². The van der Waals surface area contributed by atoms with E-state index in [0.717, 1.165) is 46.6 Å². The molecule has 2 amide bonds. The molecule has 2 unspecified atom stereocenters. The Kier molecular flexibility index (Phi) is 14.3. The predicted octanol–water partition coefficient (Wildman–Crippen LogP) is 8.78. The molecule has 0 radical (unpaired) electrons. The maximum Gasteiger partial charge on any atom is 0.312 e. The van der Waals surface area contributed by atoms with Crippen molar-refractivity contribution in [3.05, 3.63) is 138 Å². The van der Waals surface area contributed by atoms with Crippen LogP contribution in [0.25, 0.3) is 22.5 Å². The molecule has 9 heteroatoms. The molecule has 55 heavy (non-hydrogen) atoms. The van der Waals surface area contributed by atoms with Gasteiger partial charge in [0.25, 0.3) is 5.91 Å². The lowest BCUT2D eigenvalue weighted by atomic mass is 9.86. The third kappa shape index (κ3) is 11.8. The quantitative estimate of drug-likeness (QED) is 0.0766. The summed E-state index contributed by atoms with van der Waals surface area (Å²) in [6.45, 7) is 9.10. The normalized spacial score (nSPS) is 12.4. The first kappa shape index (κ1) is 40.4. The molecule has 0 saturated heterocycles. The zero-order valence-electron chi connectivity index (χ0n) is 32.3. The SMILES string of the molecule is CCCCCCCOc1ccc(-c2cnc(-c3ccc(CC(NC(=O)c4ccc(C(C)(C)C)cc4)C(=O)NCC(C(=O)O)c4ccccc4)cc3)nc2)cc1. The van der Waals surface area contributed by atoms with Crippen molar-refractivity contribution in [3.63, 3.8) is 0 Å². The molecule has 2 atom stereocenters. The van der Waals surface area contributed by atoms with Crippen molar-refractivity contribution < 1.29 is 24.2 Å². The van der Waals surface area contributed by atoms with Gasteiger partial charge in [0.1, 0.15) is 11.8 Å². The Morgan fingerprint density at radius 2 is 1.38 bits per heavy atom. The first-order valence-electron chi connectivity index (χ1n) is 19.1. The van der Waals surface area contributed by atoms with Crippen LogP contribution < -0.4 is 15.4 Å². The van der Waals surface area contributed by atoms with Crippen LogP contribution in [0.1, 0.15) is 92.8 Å². The van der Waals surface area contributed by atoms with Gasteiger partial charge in [-0.3, -0.25) is 14.4 Å². The fourth-order valence-electron chi connectivity index (χ4n) is 6.22. The number of rotatable bonds is 18. The Balaban J connectivity index is 1.25. The van der Waals surface area contributed by atoms with E-state index in [1.807, 2.05) is 60.7 Å². The number of benzene rings is 4. The van der Waals surface area contributed by atoms with Gasteiger partial charge in [-0.25, -0.2) is 9.97 Å². The van der Waals surface area contributed by atoms with Gasteiger partial charge in [0, 0.05) is 42.0 Å². The number of ether oxygens (including phenoxy) is 1. The van der Waals surface area contributed by atoms with Gasteiger partial charge in [0.15, 0.2) is 5.82 Å². The lowest BCUT2D eigenvalue weighted by Gasteiger charge is -2.21. The number of nitrogens with zero attached hydrogens (tertiary/aromatic N) is 2. The number of carboxylic acids is 1. The largest absolute Gasteiger partial charge is 0.494 e. The third-order valence-electron chi connectivity index (χ3n) is 9.62. The number of aliphatic carboxylic acids is 1. The highest BCUT2D eigenvalue weighted by Crippen LogP contribution is 2.25. The van der Waals surface area contributed by atoms with Gasteiger partial charge in [-0.05, 0) is 58.4 Å². The zero-order chi connectivity index (χ0) is 39.2. The number of hydrogen-bond donors (Lipinski definition) is 3. The standard InChI is InChI=1S/C46H52N4O5/c1-5-6-7-8-12-27-55-39-25-21-33(22-26-39)37-29-47-42(48-30-37)35-17-15-32(16-18-35)28-41(50-43(51)36-19-23-38(24-20-36)46(2,3)4)44(52)49-31-40(45(53)54)34-13-10-9-11-14-34/h9-11,13-26,29-30,40-41H,5-8,12,27-28,31H2,1-4H3,(H,49,52)(H,50,51)(H,53,54). The summed E-state index contributed by atoms with van der Waals surface area (Å²) < 4.78 is 5.90. The summed E-state index contributed by atoms with van der Waals surface area (Å²) in [4.78, 5) is 48.4. The van der Waals surface area contributed by atoms with Crippen LogP contribution in [0.2, 0.25) is 0 Å². The van der Waals surface area contributed by atoms with Crippen LogP contribution in [-0.4, -0.2) is 52.1 Å². The second-order valence-electron chi connectivity index (χ2n) is 14.9. The molecular formula is C46H52N4O5. The summed E-state index contributed by atoms with van der Waals surface area (Å²) in [7, 11) is 0. The van der Waals surface area contributed by atoms with Crippen LogP contribution in [0, 0.1) is 0 Å². The Morgan fingerprint density at radius 3 is 2.00 bits per heavy atom. The van der Waals surface area contributed by atoms with Crippen molar-refractivity contribution in [3.8, 4) is 28.3 Å². The molecule has 1 aromatic heterocycles. The molecule has 5 aromatic rings. The first-order valence-corrected chi connectivity index (χ1v) is 19.1. The number of unbranched alkanes of at least 4 members (excludes halogenated alkanes) is 4. The van der Waals surface area contributed by atoms with Crippen molar-refractivity contribution in [1.29, 1.82) is 0 Å². The predicted molar refractivity (Wildman–Crippen MR) is 217 cm³/mol. The minimum atomic E-state index is -1.05. The van der Waals surface area contributed by atoms with Crippen molar-refractivity contribution >= 4 is 17.8 Å². The van der Waals surface area contributed by atoms with Gasteiger partial charge in [-0.1, -0.05) is 132 Å². The van der Waals surface area contributed by atoms with Crippen LogP contribution >= 0.6 is 0 Å². The maximum atomic E-state index is 13.7. The summed E-state index contributed by atoms with van der Waals surface area (Å²) in [5.41, 5.74) is 5.48. The highest BCUT2D eigenvalue weighted by molar-refractivity contribution is 5.97. The fraction of sp³-hybridized carbons (Fsp3) is 0.326. The van der Waals surface area contributed by atoms with Gasteiger partial charge in [0.05, 0.1) is 12.5 Å². The molecule has 0 aliphatic rings. The molecule has 9 nitrogen and oxygen atoms in total. The molecular weight excluding hydrogens is 689 g/mol. The average molecular weight is 741 g/mol. The summed E-state index contributed by atoms with van der Waals surface area (Å²) >= 11 is 0. The van der Waals surface area contributed by atoms with Crippen molar-refractivity contribution in [1.82, 2.24) is 20.6 Å². The molecule has 5 rings (SSSR count). The number of carbonyl (C=O) groups excluding carboxylic acids is 2. The molecule has 286 valence electrons. The van der Waals surface area contributed by atoms with Crippen molar-refractivity contribution in [2.45, 2.75) is 83.6 Å². The van der Waals surface area contributed by atoms with E-state index in [1.165, 1.54) is 25.7 Å². The highest BCUT2D eigenvalue weighted by Gasteiger charge is 2.26. The van der Waals surface area contributed by atoms with Crippen LogP contribution in [-0.2, 0) is 21.4 Å².